The molecule has 1 nitrogen and oxygen atoms in total. The van der Waals surface area contributed by atoms with Gasteiger partial charge in [0, 0.05) is 6.04 Å². The van der Waals surface area contributed by atoms with Gasteiger partial charge in [0.25, 0.3) is 0 Å². The first-order valence-electron chi connectivity index (χ1n) is 6.47. The molecule has 1 aromatic rings. The Morgan fingerprint density at radius 2 is 1.88 bits per heavy atom. The number of hydrogen-bond donors (Lipinski definition) is 1. The van der Waals surface area contributed by atoms with Crippen molar-refractivity contribution in [1.29, 1.82) is 0 Å². The van der Waals surface area contributed by atoms with Crippen LogP contribution in [0.2, 0.25) is 0 Å². The van der Waals surface area contributed by atoms with Gasteiger partial charge in [0.15, 0.2) is 0 Å². The van der Waals surface area contributed by atoms with E-state index >= 15 is 0 Å². The van der Waals surface area contributed by atoms with Gasteiger partial charge in [-0.05, 0) is 56.3 Å². The van der Waals surface area contributed by atoms with Gasteiger partial charge in [-0.15, -0.1) is 0 Å². The van der Waals surface area contributed by atoms with Crippen molar-refractivity contribution in [3.63, 3.8) is 0 Å². The molecule has 1 N–H and O–H groups in total. The Balaban J connectivity index is 2.30. The Labute approximate surface area is 99.3 Å². The van der Waals surface area contributed by atoms with Crippen LogP contribution in [0.3, 0.4) is 0 Å². The molecule has 2 rings (SSSR count). The van der Waals surface area contributed by atoms with Crippen LogP contribution in [0.5, 0.6) is 0 Å². The minimum atomic E-state index is 0.675. The number of hydrogen-bond acceptors (Lipinski definition) is 1. The second-order valence-electron chi connectivity index (χ2n) is 5.08. The van der Waals surface area contributed by atoms with Crippen molar-refractivity contribution in [2.45, 2.75) is 51.5 Å². The van der Waals surface area contributed by atoms with E-state index in [1.165, 1.54) is 36.8 Å². The first-order chi connectivity index (χ1) is 7.74. The van der Waals surface area contributed by atoms with Crippen LogP contribution in [0.1, 0.15) is 48.3 Å². The first-order valence-corrected chi connectivity index (χ1v) is 6.47. The van der Waals surface area contributed by atoms with Gasteiger partial charge in [0.1, 0.15) is 0 Å². The van der Waals surface area contributed by atoms with E-state index in [-0.39, 0.29) is 0 Å². The maximum absolute atomic E-state index is 3.50. The number of aryl methyl sites for hydroxylation is 1. The summed E-state index contributed by atoms with van der Waals surface area (Å²) in [5, 5.41) is 3.50. The Bertz CT molecular complexity index is 356. The van der Waals surface area contributed by atoms with Crippen molar-refractivity contribution >= 4 is 0 Å². The summed E-state index contributed by atoms with van der Waals surface area (Å²) >= 11 is 0. The third-order valence-electron chi connectivity index (χ3n) is 4.18. The molecule has 2 unspecified atom stereocenters. The molecule has 0 saturated heterocycles. The fourth-order valence-corrected chi connectivity index (χ4v) is 3.02. The zero-order chi connectivity index (χ0) is 11.5. The molecule has 0 radical (unpaired) electrons. The summed E-state index contributed by atoms with van der Waals surface area (Å²) in [6.45, 7) is 4.49. The molecular weight excluding hydrogens is 194 g/mol. The standard InChI is InChI=1S/C15H23N/c1-11-7-6-9-13(12(11)2)14-8-4-5-10-15(14)16-3/h6-7,9,14-16H,4-5,8,10H2,1-3H3. The third kappa shape index (κ3) is 2.15. The van der Waals surface area contributed by atoms with Crippen molar-refractivity contribution in [2.24, 2.45) is 0 Å². The van der Waals surface area contributed by atoms with E-state index in [2.05, 4.69) is 44.4 Å². The van der Waals surface area contributed by atoms with Gasteiger partial charge in [-0.1, -0.05) is 31.0 Å². The summed E-state index contributed by atoms with van der Waals surface area (Å²) in [6, 6.07) is 7.42. The highest BCUT2D eigenvalue weighted by Crippen LogP contribution is 2.35. The molecule has 0 spiro atoms. The summed E-state index contributed by atoms with van der Waals surface area (Å²) in [4.78, 5) is 0. The van der Waals surface area contributed by atoms with Gasteiger partial charge in [-0.2, -0.15) is 0 Å². The van der Waals surface area contributed by atoms with Crippen LogP contribution < -0.4 is 5.32 Å². The second-order valence-corrected chi connectivity index (χ2v) is 5.08. The van der Waals surface area contributed by atoms with Gasteiger partial charge in [0.05, 0.1) is 0 Å². The molecule has 1 fully saturated rings. The van der Waals surface area contributed by atoms with Crippen molar-refractivity contribution in [1.82, 2.24) is 5.32 Å². The Hall–Kier alpha value is -0.820. The smallest absolute Gasteiger partial charge is 0.0133 e. The molecule has 0 amide bonds. The van der Waals surface area contributed by atoms with E-state index in [0.29, 0.717) is 6.04 Å². The highest BCUT2D eigenvalue weighted by Gasteiger charge is 2.26. The van der Waals surface area contributed by atoms with Gasteiger partial charge in [-0.3, -0.25) is 0 Å². The molecule has 0 aromatic heterocycles. The molecule has 2 atom stereocenters. The van der Waals surface area contributed by atoms with E-state index in [1.54, 1.807) is 5.56 Å². The molecular formula is C15H23N. The van der Waals surface area contributed by atoms with Crippen LogP contribution in [0.15, 0.2) is 18.2 Å². The highest BCUT2D eigenvalue weighted by atomic mass is 14.9. The summed E-state index contributed by atoms with van der Waals surface area (Å²) in [5.74, 6) is 0.721. The molecule has 0 aliphatic heterocycles. The monoisotopic (exact) mass is 217 g/mol. The van der Waals surface area contributed by atoms with Crippen molar-refractivity contribution < 1.29 is 0 Å². The van der Waals surface area contributed by atoms with Crippen LogP contribution >= 0.6 is 0 Å². The topological polar surface area (TPSA) is 12.0 Å². The van der Waals surface area contributed by atoms with E-state index < -0.39 is 0 Å². The van der Waals surface area contributed by atoms with Gasteiger partial charge >= 0.3 is 0 Å². The Kier molecular flexibility index (Phi) is 3.65. The molecule has 1 heteroatoms. The lowest BCUT2D eigenvalue weighted by Crippen LogP contribution is -2.35. The van der Waals surface area contributed by atoms with Crippen molar-refractivity contribution in [3.8, 4) is 0 Å². The maximum Gasteiger partial charge on any atom is 0.0133 e. The first kappa shape index (κ1) is 11.7. The molecule has 1 aromatic carbocycles. The highest BCUT2D eigenvalue weighted by molar-refractivity contribution is 5.36. The van der Waals surface area contributed by atoms with Gasteiger partial charge in [-0.25, -0.2) is 0 Å². The molecule has 0 bridgehead atoms. The van der Waals surface area contributed by atoms with Crippen LogP contribution in [-0.4, -0.2) is 13.1 Å². The molecule has 1 aliphatic rings. The third-order valence-corrected chi connectivity index (χ3v) is 4.18. The van der Waals surface area contributed by atoms with Crippen molar-refractivity contribution in [3.05, 3.63) is 34.9 Å². The summed E-state index contributed by atoms with van der Waals surface area (Å²) in [7, 11) is 2.11. The zero-order valence-corrected chi connectivity index (χ0v) is 10.7. The summed E-state index contributed by atoms with van der Waals surface area (Å²) in [5.41, 5.74) is 4.49. The van der Waals surface area contributed by atoms with E-state index in [4.69, 9.17) is 0 Å². The summed E-state index contributed by atoms with van der Waals surface area (Å²) < 4.78 is 0. The quantitative estimate of drug-likeness (QED) is 0.799. The molecule has 1 aliphatic carbocycles. The van der Waals surface area contributed by atoms with Crippen LogP contribution in [0.25, 0.3) is 0 Å². The van der Waals surface area contributed by atoms with E-state index in [9.17, 15) is 0 Å². The normalized spacial score (nSPS) is 25.7. The van der Waals surface area contributed by atoms with E-state index in [1.807, 2.05) is 0 Å². The number of rotatable bonds is 2. The minimum Gasteiger partial charge on any atom is -0.316 e. The number of benzene rings is 1. The van der Waals surface area contributed by atoms with Gasteiger partial charge in [0.2, 0.25) is 0 Å². The lowest BCUT2D eigenvalue weighted by atomic mass is 9.78. The largest absolute Gasteiger partial charge is 0.316 e. The zero-order valence-electron chi connectivity index (χ0n) is 10.7. The molecule has 0 heterocycles. The summed E-state index contributed by atoms with van der Waals surface area (Å²) in [6.07, 6.45) is 5.44. The molecule has 88 valence electrons. The maximum atomic E-state index is 3.50. The van der Waals surface area contributed by atoms with Crippen LogP contribution in [-0.2, 0) is 0 Å². The van der Waals surface area contributed by atoms with Crippen LogP contribution in [0, 0.1) is 13.8 Å². The van der Waals surface area contributed by atoms with Crippen LogP contribution in [0.4, 0.5) is 0 Å². The van der Waals surface area contributed by atoms with Gasteiger partial charge < -0.3 is 5.32 Å². The molecule has 1 saturated carbocycles. The Morgan fingerprint density at radius 1 is 1.12 bits per heavy atom. The minimum absolute atomic E-state index is 0.675. The lowest BCUT2D eigenvalue weighted by molar-refractivity contribution is 0.343. The van der Waals surface area contributed by atoms with Crippen molar-refractivity contribution in [2.75, 3.05) is 7.05 Å². The number of likely N-dealkylation sites (N-methyl/N-ethyl adjacent to an activating group) is 1. The lowest BCUT2D eigenvalue weighted by Gasteiger charge is -2.33. The molecule has 16 heavy (non-hydrogen) atoms. The second kappa shape index (κ2) is 5.01. The average molecular weight is 217 g/mol. The fourth-order valence-electron chi connectivity index (χ4n) is 3.02. The Morgan fingerprint density at radius 3 is 2.62 bits per heavy atom. The predicted octanol–water partition coefficient (Wildman–Crippen LogP) is 3.55. The number of nitrogens with one attached hydrogen (secondary N) is 1. The predicted molar refractivity (Wildman–Crippen MR) is 70.0 cm³/mol. The fraction of sp³-hybridized carbons (Fsp3) is 0.600. The SMILES string of the molecule is CNC1CCCCC1c1cccc(C)c1C. The average Bonchev–Trinajstić information content (AvgIpc) is 2.33. The van der Waals surface area contributed by atoms with E-state index in [0.717, 1.165) is 5.92 Å².